The Morgan fingerprint density at radius 3 is 2.37 bits per heavy atom. The molecule has 0 aromatic heterocycles. The first-order valence-electron chi connectivity index (χ1n) is 11.8. The molecule has 164 valence electrons. The number of nitrogens with zero attached hydrogens (tertiary/aromatic N) is 3. The second-order valence-electron chi connectivity index (χ2n) is 9.01. The number of aliphatic imine (C=N–C) groups is 1. The van der Waals surface area contributed by atoms with Crippen LogP contribution in [0.3, 0.4) is 0 Å². The van der Waals surface area contributed by atoms with E-state index in [1.807, 2.05) is 24.1 Å². The van der Waals surface area contributed by atoms with Gasteiger partial charge >= 0.3 is 0 Å². The van der Waals surface area contributed by atoms with Crippen LogP contribution in [0.15, 0.2) is 29.3 Å². The molecule has 0 atom stereocenters. The summed E-state index contributed by atoms with van der Waals surface area (Å²) in [6.07, 6.45) is 9.38. The lowest BCUT2D eigenvalue weighted by Gasteiger charge is -2.36. The van der Waals surface area contributed by atoms with Gasteiger partial charge in [-0.3, -0.25) is 9.79 Å². The summed E-state index contributed by atoms with van der Waals surface area (Å²) in [5.74, 6) is 1.12. The highest BCUT2D eigenvalue weighted by atomic mass is 16.2. The number of hydrogen-bond donors (Lipinski definition) is 2. The number of carbonyl (C=O) groups excluding carboxylic acids is 1. The average molecular weight is 412 g/mol. The summed E-state index contributed by atoms with van der Waals surface area (Å²) in [7, 11) is 1.83. The van der Waals surface area contributed by atoms with Gasteiger partial charge in [-0.25, -0.2) is 0 Å². The number of rotatable bonds is 6. The number of amides is 1. The van der Waals surface area contributed by atoms with E-state index >= 15 is 0 Å². The van der Waals surface area contributed by atoms with Crippen LogP contribution in [0.1, 0.15) is 62.5 Å². The van der Waals surface area contributed by atoms with E-state index in [1.54, 1.807) is 0 Å². The number of hydrogen-bond acceptors (Lipinski definition) is 3. The molecule has 2 N–H and O–H groups in total. The van der Waals surface area contributed by atoms with Gasteiger partial charge in [0.05, 0.1) is 0 Å². The van der Waals surface area contributed by atoms with Gasteiger partial charge in [-0.05, 0) is 43.2 Å². The minimum absolute atomic E-state index is 0.246. The highest BCUT2D eigenvalue weighted by Crippen LogP contribution is 2.26. The largest absolute Gasteiger partial charge is 0.356 e. The van der Waals surface area contributed by atoms with Crippen LogP contribution in [0.4, 0.5) is 0 Å². The molecule has 3 aliphatic rings. The highest BCUT2D eigenvalue weighted by molar-refractivity contribution is 5.80. The van der Waals surface area contributed by atoms with E-state index in [4.69, 9.17) is 0 Å². The smallest absolute Gasteiger partial charge is 0.223 e. The molecule has 2 aliphatic heterocycles. The molecular weight excluding hydrogens is 374 g/mol. The van der Waals surface area contributed by atoms with Crippen molar-refractivity contribution in [2.45, 2.75) is 76.5 Å². The molecule has 1 saturated carbocycles. The van der Waals surface area contributed by atoms with Gasteiger partial charge in [0.2, 0.25) is 5.91 Å². The molecule has 4 rings (SSSR count). The molecule has 1 aromatic rings. The van der Waals surface area contributed by atoms with Crippen LogP contribution < -0.4 is 10.6 Å². The Labute approximate surface area is 181 Å². The number of benzene rings is 1. The fourth-order valence-electron chi connectivity index (χ4n) is 5.18. The van der Waals surface area contributed by atoms with Crippen molar-refractivity contribution in [1.82, 2.24) is 20.4 Å². The summed E-state index contributed by atoms with van der Waals surface area (Å²) >= 11 is 0. The first-order valence-corrected chi connectivity index (χ1v) is 11.8. The van der Waals surface area contributed by atoms with Gasteiger partial charge in [0.15, 0.2) is 5.96 Å². The second-order valence-corrected chi connectivity index (χ2v) is 9.01. The van der Waals surface area contributed by atoms with Crippen molar-refractivity contribution in [3.05, 3.63) is 35.4 Å². The maximum Gasteiger partial charge on any atom is 0.223 e. The van der Waals surface area contributed by atoms with Gasteiger partial charge < -0.3 is 20.4 Å². The summed E-state index contributed by atoms with van der Waals surface area (Å²) in [4.78, 5) is 21.6. The Morgan fingerprint density at radius 2 is 1.73 bits per heavy atom. The summed E-state index contributed by atoms with van der Waals surface area (Å²) in [6.45, 7) is 4.68. The van der Waals surface area contributed by atoms with E-state index in [1.165, 1.54) is 62.7 Å². The van der Waals surface area contributed by atoms with Crippen LogP contribution in [-0.2, 0) is 17.9 Å². The van der Waals surface area contributed by atoms with Crippen LogP contribution in [0, 0.1) is 0 Å². The topological polar surface area (TPSA) is 60.0 Å². The van der Waals surface area contributed by atoms with Crippen LogP contribution >= 0.6 is 0 Å². The Bertz CT molecular complexity index is 710. The maximum absolute atomic E-state index is 12.5. The van der Waals surface area contributed by atoms with Gasteiger partial charge in [0.25, 0.3) is 0 Å². The zero-order valence-electron chi connectivity index (χ0n) is 18.4. The highest BCUT2D eigenvalue weighted by Gasteiger charge is 2.27. The Balaban J connectivity index is 1.11. The molecule has 1 aliphatic carbocycles. The van der Waals surface area contributed by atoms with Crippen LogP contribution in [0.25, 0.3) is 0 Å². The van der Waals surface area contributed by atoms with E-state index in [9.17, 15) is 4.79 Å². The molecule has 6 nitrogen and oxygen atoms in total. The van der Waals surface area contributed by atoms with E-state index in [0.717, 1.165) is 38.1 Å². The molecule has 2 heterocycles. The minimum Gasteiger partial charge on any atom is -0.356 e. The molecule has 0 radical (unpaired) electrons. The molecule has 0 bridgehead atoms. The second kappa shape index (κ2) is 10.3. The lowest BCUT2D eigenvalue weighted by Crippen LogP contribution is -2.50. The SMILES string of the molecule is CN=C(NCCCC(=O)N1Cc2ccccc2C1)NC1CCN(C2CCCC2)CC1. The molecule has 2 fully saturated rings. The zero-order chi connectivity index (χ0) is 20.8. The van der Waals surface area contributed by atoms with E-state index in [0.29, 0.717) is 12.5 Å². The summed E-state index contributed by atoms with van der Waals surface area (Å²) < 4.78 is 0. The van der Waals surface area contributed by atoms with E-state index in [2.05, 4.69) is 32.7 Å². The van der Waals surface area contributed by atoms with Crippen molar-refractivity contribution in [2.75, 3.05) is 26.7 Å². The minimum atomic E-state index is 0.246. The van der Waals surface area contributed by atoms with Crippen molar-refractivity contribution in [1.29, 1.82) is 0 Å². The number of carbonyl (C=O) groups is 1. The predicted octanol–water partition coefficient (Wildman–Crippen LogP) is 2.88. The van der Waals surface area contributed by atoms with Gasteiger partial charge in [0, 0.05) is 58.3 Å². The molecule has 1 amide bonds. The van der Waals surface area contributed by atoms with Crippen LogP contribution in [0.5, 0.6) is 0 Å². The summed E-state index contributed by atoms with van der Waals surface area (Å²) in [5.41, 5.74) is 2.57. The third-order valence-electron chi connectivity index (χ3n) is 6.99. The van der Waals surface area contributed by atoms with E-state index < -0.39 is 0 Å². The average Bonchev–Trinajstić information content (AvgIpc) is 3.46. The molecular formula is C24H37N5O. The Hall–Kier alpha value is -2.08. The molecule has 30 heavy (non-hydrogen) atoms. The number of guanidine groups is 1. The Kier molecular flexibility index (Phi) is 7.26. The number of likely N-dealkylation sites (tertiary alicyclic amines) is 1. The lowest BCUT2D eigenvalue weighted by molar-refractivity contribution is -0.131. The first kappa shape index (κ1) is 21.2. The van der Waals surface area contributed by atoms with Crippen molar-refractivity contribution >= 4 is 11.9 Å². The van der Waals surface area contributed by atoms with Gasteiger partial charge in [-0.2, -0.15) is 0 Å². The number of nitrogens with one attached hydrogen (secondary N) is 2. The predicted molar refractivity (Wildman–Crippen MR) is 121 cm³/mol. The third kappa shape index (κ3) is 5.34. The van der Waals surface area contributed by atoms with Gasteiger partial charge in [-0.15, -0.1) is 0 Å². The van der Waals surface area contributed by atoms with Crippen molar-refractivity contribution < 1.29 is 4.79 Å². The zero-order valence-corrected chi connectivity index (χ0v) is 18.4. The maximum atomic E-state index is 12.5. The summed E-state index contributed by atoms with van der Waals surface area (Å²) in [5, 5.41) is 6.99. The molecule has 1 saturated heterocycles. The Morgan fingerprint density at radius 1 is 1.07 bits per heavy atom. The molecule has 0 spiro atoms. The van der Waals surface area contributed by atoms with Crippen LogP contribution in [0.2, 0.25) is 0 Å². The number of piperidine rings is 1. The number of fused-ring (bicyclic) bond motifs is 1. The van der Waals surface area contributed by atoms with Crippen molar-refractivity contribution in [3.63, 3.8) is 0 Å². The first-order chi connectivity index (χ1) is 14.7. The standard InChI is InChI=1S/C24H37N5O/c1-25-24(27-21-12-15-28(16-13-21)22-9-4-5-10-22)26-14-6-11-23(30)29-17-19-7-2-3-8-20(19)18-29/h2-3,7-8,21-22H,4-6,9-18H2,1H3,(H2,25,26,27). The lowest BCUT2D eigenvalue weighted by atomic mass is 10.0. The monoisotopic (exact) mass is 411 g/mol. The van der Waals surface area contributed by atoms with Crippen LogP contribution in [-0.4, -0.2) is 60.4 Å². The fourth-order valence-corrected chi connectivity index (χ4v) is 5.18. The molecule has 0 unspecified atom stereocenters. The third-order valence-corrected chi connectivity index (χ3v) is 6.99. The van der Waals surface area contributed by atoms with Crippen molar-refractivity contribution in [3.8, 4) is 0 Å². The fraction of sp³-hybridized carbons (Fsp3) is 0.667. The van der Waals surface area contributed by atoms with Gasteiger partial charge in [0.1, 0.15) is 0 Å². The van der Waals surface area contributed by atoms with Gasteiger partial charge in [-0.1, -0.05) is 37.1 Å². The summed E-state index contributed by atoms with van der Waals surface area (Å²) in [6, 6.07) is 9.68. The molecule has 6 heteroatoms. The molecule has 1 aromatic carbocycles. The normalized spacial score (nSPS) is 21.1. The quantitative estimate of drug-likeness (QED) is 0.429. The van der Waals surface area contributed by atoms with E-state index in [-0.39, 0.29) is 5.91 Å². The van der Waals surface area contributed by atoms with Crippen molar-refractivity contribution in [2.24, 2.45) is 4.99 Å².